The first kappa shape index (κ1) is 21.9. The molecule has 0 bridgehead atoms. The van der Waals surface area contributed by atoms with Gasteiger partial charge in [0.05, 0.1) is 5.04 Å². The summed E-state index contributed by atoms with van der Waals surface area (Å²) in [6.45, 7) is 21.8. The summed E-state index contributed by atoms with van der Waals surface area (Å²) in [7, 11) is -0.950. The molecule has 5 heteroatoms. The molecule has 1 aliphatic rings. The molecule has 3 nitrogen and oxygen atoms in total. The Morgan fingerprint density at radius 3 is 2.00 bits per heavy atom. The Kier molecular flexibility index (Phi) is 5.97. The number of carbonyl (C=O) groups excluding carboxylic acids is 1. The molecular weight excluding hydrogens is 332 g/mol. The highest BCUT2D eigenvalue weighted by Gasteiger charge is 2.53. The molecule has 0 spiro atoms. The average Bonchev–Trinajstić information content (AvgIpc) is 2.29. The molecule has 142 valence electrons. The van der Waals surface area contributed by atoms with Crippen LogP contribution in [0.2, 0.25) is 23.2 Å². The summed E-state index contributed by atoms with van der Waals surface area (Å²) < 4.78 is 12.4. The molecule has 1 saturated carbocycles. The summed E-state index contributed by atoms with van der Waals surface area (Å²) in [6, 6.07) is 0. The van der Waals surface area contributed by atoms with Crippen LogP contribution in [-0.2, 0) is 14.0 Å². The van der Waals surface area contributed by atoms with Crippen molar-refractivity contribution in [2.45, 2.75) is 110 Å². The van der Waals surface area contributed by atoms with E-state index in [4.69, 9.17) is 9.16 Å². The third kappa shape index (κ3) is 4.73. The maximum atomic E-state index is 12.9. The van der Waals surface area contributed by atoms with E-state index >= 15 is 0 Å². The third-order valence-electron chi connectivity index (χ3n) is 6.31. The fourth-order valence-electron chi connectivity index (χ4n) is 3.15. The van der Waals surface area contributed by atoms with Crippen molar-refractivity contribution in [3.05, 3.63) is 0 Å². The molecule has 2 atom stereocenters. The number of carbonyl (C=O) groups is 1. The molecule has 0 N–H and O–H groups in total. The van der Waals surface area contributed by atoms with E-state index < -0.39 is 13.9 Å². The van der Waals surface area contributed by atoms with E-state index in [0.717, 1.165) is 29.5 Å². The highest BCUT2D eigenvalue weighted by Crippen LogP contribution is 2.56. The van der Waals surface area contributed by atoms with E-state index in [2.05, 4.69) is 47.7 Å². The second kappa shape index (κ2) is 6.55. The van der Waals surface area contributed by atoms with Gasteiger partial charge in [-0.3, -0.25) is 4.79 Å². The van der Waals surface area contributed by atoms with Gasteiger partial charge < -0.3 is 9.16 Å². The van der Waals surface area contributed by atoms with E-state index in [1.165, 1.54) is 0 Å². The fourth-order valence-corrected chi connectivity index (χ4v) is 5.13. The lowest BCUT2D eigenvalue weighted by Gasteiger charge is -2.51. The number of esters is 1. The van der Waals surface area contributed by atoms with E-state index in [9.17, 15) is 4.79 Å². The Balaban J connectivity index is 2.90. The molecule has 0 amide bonds. The molecule has 1 fully saturated rings. The zero-order chi connectivity index (χ0) is 19.2. The highest BCUT2D eigenvalue weighted by atomic mass is 28.4. The zero-order valence-corrected chi connectivity index (χ0v) is 20.9. The molecule has 0 radical (unpaired) electrons. The molecule has 1 aliphatic carbocycles. The van der Waals surface area contributed by atoms with Gasteiger partial charge in [0.25, 0.3) is 0 Å². The number of hydrogen-bond acceptors (Lipinski definition) is 3. The Hall–Kier alpha value is -0.136. The van der Waals surface area contributed by atoms with Gasteiger partial charge in [0, 0.05) is 16.3 Å². The van der Waals surface area contributed by atoms with Crippen molar-refractivity contribution in [3.63, 3.8) is 0 Å². The zero-order valence-electron chi connectivity index (χ0n) is 17.9. The van der Waals surface area contributed by atoms with Gasteiger partial charge in [-0.1, -0.05) is 34.6 Å². The third-order valence-corrected chi connectivity index (χ3v) is 13.1. The van der Waals surface area contributed by atoms with E-state index in [0.29, 0.717) is 0 Å². The molecule has 0 aromatic rings. The van der Waals surface area contributed by atoms with Gasteiger partial charge in [0.2, 0.25) is 0 Å². The average molecular weight is 373 g/mol. The van der Waals surface area contributed by atoms with Crippen molar-refractivity contribution in [1.82, 2.24) is 0 Å². The largest absolute Gasteiger partial charge is 0.460 e. The second-order valence-corrected chi connectivity index (χ2v) is 17.4. The first-order chi connectivity index (χ1) is 10.4. The lowest BCUT2D eigenvalue weighted by atomic mass is 9.66. The van der Waals surface area contributed by atoms with Crippen LogP contribution in [0.3, 0.4) is 0 Å². The summed E-state index contributed by atoms with van der Waals surface area (Å²) in [5.74, 6) is -0.00237. The van der Waals surface area contributed by atoms with Crippen molar-refractivity contribution >= 4 is 24.5 Å². The van der Waals surface area contributed by atoms with Crippen molar-refractivity contribution < 1.29 is 14.0 Å². The van der Waals surface area contributed by atoms with Crippen molar-refractivity contribution in [2.75, 3.05) is 0 Å². The van der Waals surface area contributed by atoms with E-state index in [-0.39, 0.29) is 27.6 Å². The van der Waals surface area contributed by atoms with E-state index in [1.54, 1.807) is 0 Å². The Morgan fingerprint density at radius 2 is 1.62 bits per heavy atom. The number of rotatable bonds is 3. The minimum Gasteiger partial charge on any atom is -0.460 e. The molecule has 0 saturated heterocycles. The SMILES string of the molecule is CC(C)(C)OC(=O)C1([SiH3])CCC(O[Si](C)(C)C(C)(C)C)CC1(C)C. The quantitative estimate of drug-likeness (QED) is 0.542. The molecule has 0 aliphatic heterocycles. The van der Waals surface area contributed by atoms with Crippen LogP contribution in [0.25, 0.3) is 0 Å². The Morgan fingerprint density at radius 1 is 1.12 bits per heavy atom. The maximum absolute atomic E-state index is 12.9. The fraction of sp³-hybridized carbons (Fsp3) is 0.947. The molecule has 1 rings (SSSR count). The van der Waals surface area contributed by atoms with Gasteiger partial charge in [0.15, 0.2) is 8.32 Å². The normalized spacial score (nSPS) is 28.7. The van der Waals surface area contributed by atoms with Crippen molar-refractivity contribution in [2.24, 2.45) is 5.41 Å². The Labute approximate surface area is 153 Å². The van der Waals surface area contributed by atoms with Crippen LogP contribution in [0.15, 0.2) is 0 Å². The number of ether oxygens (including phenoxy) is 1. The van der Waals surface area contributed by atoms with Crippen LogP contribution in [0, 0.1) is 5.41 Å². The van der Waals surface area contributed by atoms with Crippen LogP contribution < -0.4 is 0 Å². The Bertz CT molecular complexity index is 472. The first-order valence-corrected chi connectivity index (χ1v) is 13.2. The highest BCUT2D eigenvalue weighted by molar-refractivity contribution is 6.74. The van der Waals surface area contributed by atoms with Gasteiger partial charge in [-0.2, -0.15) is 0 Å². The molecule has 0 heterocycles. The molecular formula is C19H40O3Si2. The van der Waals surface area contributed by atoms with Crippen molar-refractivity contribution in [3.8, 4) is 0 Å². The molecule has 0 aromatic carbocycles. The van der Waals surface area contributed by atoms with Crippen molar-refractivity contribution in [1.29, 1.82) is 0 Å². The molecule has 24 heavy (non-hydrogen) atoms. The summed E-state index contributed by atoms with van der Waals surface area (Å²) in [6.07, 6.45) is 3.08. The van der Waals surface area contributed by atoms with Crippen LogP contribution in [0.4, 0.5) is 0 Å². The van der Waals surface area contributed by atoms with Gasteiger partial charge in [-0.05, 0) is 63.6 Å². The van der Waals surface area contributed by atoms with E-state index in [1.807, 2.05) is 20.8 Å². The van der Waals surface area contributed by atoms with Gasteiger partial charge in [0.1, 0.15) is 5.60 Å². The van der Waals surface area contributed by atoms with Gasteiger partial charge >= 0.3 is 5.97 Å². The number of hydrogen-bond donors (Lipinski definition) is 0. The van der Waals surface area contributed by atoms with Crippen LogP contribution >= 0.6 is 0 Å². The lowest BCUT2D eigenvalue weighted by Crippen LogP contribution is -2.51. The predicted octanol–water partition coefficient (Wildman–Crippen LogP) is 4.45. The second-order valence-electron chi connectivity index (χ2n) is 11.0. The first-order valence-electron chi connectivity index (χ1n) is 9.33. The maximum Gasteiger partial charge on any atom is 0.309 e. The van der Waals surface area contributed by atoms with Crippen LogP contribution in [0.1, 0.15) is 74.7 Å². The standard InChI is InChI=1S/C19H40O3Si2/c1-16(2,3)21-15(20)19(23)12-11-14(13-18(19,7)8)22-24(9,10)17(4,5)6/h14H,11-13H2,1-10,23H3. The minimum atomic E-state index is -1.77. The summed E-state index contributed by atoms with van der Waals surface area (Å²) in [4.78, 5) is 12.9. The van der Waals surface area contributed by atoms with Gasteiger partial charge in [-0.15, -0.1) is 0 Å². The monoisotopic (exact) mass is 372 g/mol. The van der Waals surface area contributed by atoms with Crippen LogP contribution in [0.5, 0.6) is 0 Å². The summed E-state index contributed by atoms with van der Waals surface area (Å²) >= 11 is 0. The minimum absolute atomic E-state index is 0.00237. The smallest absolute Gasteiger partial charge is 0.309 e. The summed E-state index contributed by atoms with van der Waals surface area (Å²) in [5.41, 5.74) is -0.494. The summed E-state index contributed by atoms with van der Waals surface area (Å²) in [5, 5.41) is -0.0919. The lowest BCUT2D eigenvalue weighted by molar-refractivity contribution is -0.165. The topological polar surface area (TPSA) is 35.5 Å². The van der Waals surface area contributed by atoms with Gasteiger partial charge in [-0.25, -0.2) is 0 Å². The molecule has 2 unspecified atom stereocenters. The predicted molar refractivity (Wildman–Crippen MR) is 108 cm³/mol. The molecule has 0 aromatic heterocycles. The van der Waals surface area contributed by atoms with Crippen LogP contribution in [-0.4, -0.2) is 36.2 Å².